The van der Waals surface area contributed by atoms with E-state index in [9.17, 15) is 9.59 Å². The third-order valence-electron chi connectivity index (χ3n) is 6.06. The fourth-order valence-corrected chi connectivity index (χ4v) is 5.30. The molecule has 2 aromatic rings. The van der Waals surface area contributed by atoms with Gasteiger partial charge in [0.25, 0.3) is 0 Å². The van der Waals surface area contributed by atoms with Crippen LogP contribution in [0.25, 0.3) is 11.3 Å². The average Bonchev–Trinajstić information content (AvgIpc) is 3.38. The molecule has 3 heterocycles. The van der Waals surface area contributed by atoms with Gasteiger partial charge in [0, 0.05) is 42.5 Å². The molecule has 154 valence electrons. The molecule has 0 radical (unpaired) electrons. The molecule has 5 nitrogen and oxygen atoms in total. The van der Waals surface area contributed by atoms with Crippen LogP contribution < -0.4 is 0 Å². The number of likely N-dealkylation sites (tertiary alicyclic amines) is 2. The smallest absolute Gasteiger partial charge is 0.227 e. The highest BCUT2D eigenvalue weighted by atomic mass is 32.1. The molecule has 0 saturated carbocycles. The van der Waals surface area contributed by atoms with Gasteiger partial charge in [0.05, 0.1) is 17.1 Å². The minimum atomic E-state index is 0.0888. The molecule has 0 spiro atoms. The molecule has 0 bridgehead atoms. The van der Waals surface area contributed by atoms with Crippen LogP contribution in [-0.4, -0.2) is 52.8 Å². The molecule has 4 rings (SSSR count). The summed E-state index contributed by atoms with van der Waals surface area (Å²) in [7, 11) is 0. The molecule has 0 unspecified atom stereocenters. The molecular formula is C23H29N3O2S. The van der Waals surface area contributed by atoms with Crippen LogP contribution in [-0.2, 0) is 16.0 Å². The highest BCUT2D eigenvalue weighted by Crippen LogP contribution is 2.30. The van der Waals surface area contributed by atoms with Gasteiger partial charge in [-0.2, -0.15) is 0 Å². The number of piperidine rings is 1. The fraction of sp³-hybridized carbons (Fsp3) is 0.522. The van der Waals surface area contributed by atoms with Crippen molar-refractivity contribution >= 4 is 23.2 Å². The quantitative estimate of drug-likeness (QED) is 0.768. The number of aryl methyl sites for hydroxylation is 2. The number of amides is 2. The number of nitrogens with zero attached hydrogens (tertiary/aromatic N) is 3. The van der Waals surface area contributed by atoms with Crippen molar-refractivity contribution in [2.24, 2.45) is 5.92 Å². The zero-order valence-electron chi connectivity index (χ0n) is 17.3. The summed E-state index contributed by atoms with van der Waals surface area (Å²) in [5.41, 5.74) is 3.21. The Morgan fingerprint density at radius 3 is 2.31 bits per heavy atom. The van der Waals surface area contributed by atoms with Gasteiger partial charge in [-0.1, -0.05) is 29.8 Å². The number of benzene rings is 1. The largest absolute Gasteiger partial charge is 0.342 e. The second kappa shape index (κ2) is 8.66. The minimum absolute atomic E-state index is 0.0888. The molecule has 1 aromatic carbocycles. The summed E-state index contributed by atoms with van der Waals surface area (Å²) in [6.07, 6.45) is 4.21. The van der Waals surface area contributed by atoms with E-state index in [1.807, 2.05) is 16.7 Å². The number of aromatic nitrogens is 1. The molecule has 2 aliphatic rings. The Morgan fingerprint density at radius 1 is 1.00 bits per heavy atom. The third-order valence-corrected chi connectivity index (χ3v) is 7.03. The molecule has 2 aliphatic heterocycles. The first kappa shape index (κ1) is 20.1. The Labute approximate surface area is 176 Å². The molecule has 2 saturated heterocycles. The topological polar surface area (TPSA) is 53.5 Å². The van der Waals surface area contributed by atoms with Crippen LogP contribution in [0.4, 0.5) is 0 Å². The molecule has 2 fully saturated rings. The van der Waals surface area contributed by atoms with Gasteiger partial charge in [-0.25, -0.2) is 4.98 Å². The van der Waals surface area contributed by atoms with Crippen LogP contribution in [0.2, 0.25) is 0 Å². The van der Waals surface area contributed by atoms with Gasteiger partial charge >= 0.3 is 0 Å². The highest BCUT2D eigenvalue weighted by molar-refractivity contribution is 7.12. The van der Waals surface area contributed by atoms with Crippen molar-refractivity contribution in [1.29, 1.82) is 0 Å². The number of thiazole rings is 1. The predicted molar refractivity (Wildman–Crippen MR) is 116 cm³/mol. The fourth-order valence-electron chi connectivity index (χ4n) is 4.35. The van der Waals surface area contributed by atoms with Crippen LogP contribution in [0, 0.1) is 19.8 Å². The van der Waals surface area contributed by atoms with E-state index in [4.69, 9.17) is 0 Å². The zero-order valence-corrected chi connectivity index (χ0v) is 18.1. The van der Waals surface area contributed by atoms with E-state index in [0.29, 0.717) is 25.4 Å². The van der Waals surface area contributed by atoms with Crippen molar-refractivity contribution in [3.8, 4) is 11.3 Å². The first-order chi connectivity index (χ1) is 14.0. The summed E-state index contributed by atoms with van der Waals surface area (Å²) in [6.45, 7) is 7.24. The molecule has 2 amide bonds. The van der Waals surface area contributed by atoms with E-state index in [-0.39, 0.29) is 11.8 Å². The molecule has 0 atom stereocenters. The van der Waals surface area contributed by atoms with Gasteiger partial charge < -0.3 is 9.80 Å². The monoisotopic (exact) mass is 411 g/mol. The van der Waals surface area contributed by atoms with E-state index in [1.165, 1.54) is 5.56 Å². The number of carbonyl (C=O) groups excluding carboxylic acids is 2. The van der Waals surface area contributed by atoms with Gasteiger partial charge in [-0.05, 0) is 39.5 Å². The van der Waals surface area contributed by atoms with Crippen LogP contribution in [0.5, 0.6) is 0 Å². The average molecular weight is 412 g/mol. The van der Waals surface area contributed by atoms with Gasteiger partial charge in [0.2, 0.25) is 11.8 Å². The standard InChI is InChI=1S/C23H29N3O2S/c1-16-5-7-18(8-6-16)22-20(29-17(2)24-22)15-21(27)25-13-9-19(10-14-25)23(28)26-11-3-4-12-26/h5-8,19H,3-4,9-15H2,1-2H3. The Balaban J connectivity index is 1.38. The first-order valence-electron chi connectivity index (χ1n) is 10.6. The second-order valence-corrected chi connectivity index (χ2v) is 9.52. The van der Waals surface area contributed by atoms with Crippen molar-refractivity contribution in [2.45, 2.75) is 46.0 Å². The second-order valence-electron chi connectivity index (χ2n) is 8.23. The lowest BCUT2D eigenvalue weighted by molar-refractivity contribution is -0.139. The lowest BCUT2D eigenvalue weighted by atomic mass is 9.95. The Morgan fingerprint density at radius 2 is 1.66 bits per heavy atom. The molecule has 1 aromatic heterocycles. The molecule has 0 N–H and O–H groups in total. The molecular weight excluding hydrogens is 382 g/mol. The molecule has 29 heavy (non-hydrogen) atoms. The van der Waals surface area contributed by atoms with E-state index in [0.717, 1.165) is 59.9 Å². The normalized spacial score (nSPS) is 17.7. The molecule has 0 aliphatic carbocycles. The summed E-state index contributed by atoms with van der Waals surface area (Å²) in [5, 5.41) is 0.985. The van der Waals surface area contributed by atoms with Crippen molar-refractivity contribution in [3.05, 3.63) is 39.7 Å². The maximum atomic E-state index is 13.0. The van der Waals surface area contributed by atoms with Crippen LogP contribution in [0.3, 0.4) is 0 Å². The Kier molecular flexibility index (Phi) is 5.99. The van der Waals surface area contributed by atoms with Gasteiger partial charge in [0.15, 0.2) is 0 Å². The zero-order chi connectivity index (χ0) is 20.4. The number of carbonyl (C=O) groups is 2. The predicted octanol–water partition coefficient (Wildman–Crippen LogP) is 3.83. The summed E-state index contributed by atoms with van der Waals surface area (Å²) in [5.74, 6) is 0.536. The highest BCUT2D eigenvalue weighted by Gasteiger charge is 2.31. The summed E-state index contributed by atoms with van der Waals surface area (Å²) in [6, 6.07) is 8.32. The van der Waals surface area contributed by atoms with Crippen LogP contribution in [0.1, 0.15) is 41.1 Å². The van der Waals surface area contributed by atoms with E-state index in [2.05, 4.69) is 36.2 Å². The van der Waals surface area contributed by atoms with Gasteiger partial charge in [0.1, 0.15) is 0 Å². The number of hydrogen-bond acceptors (Lipinski definition) is 4. The lowest BCUT2D eigenvalue weighted by Crippen LogP contribution is -2.44. The maximum absolute atomic E-state index is 13.0. The maximum Gasteiger partial charge on any atom is 0.227 e. The molecule has 6 heteroatoms. The minimum Gasteiger partial charge on any atom is -0.342 e. The number of rotatable bonds is 4. The van der Waals surface area contributed by atoms with Gasteiger partial charge in [-0.3, -0.25) is 9.59 Å². The van der Waals surface area contributed by atoms with Crippen molar-refractivity contribution in [3.63, 3.8) is 0 Å². The third kappa shape index (κ3) is 4.53. The SMILES string of the molecule is Cc1ccc(-c2nc(C)sc2CC(=O)N2CCC(C(=O)N3CCCC3)CC2)cc1. The summed E-state index contributed by atoms with van der Waals surface area (Å²) in [4.78, 5) is 35.2. The van der Waals surface area contributed by atoms with E-state index in [1.54, 1.807) is 11.3 Å². The van der Waals surface area contributed by atoms with E-state index < -0.39 is 0 Å². The summed E-state index contributed by atoms with van der Waals surface area (Å²) < 4.78 is 0. The van der Waals surface area contributed by atoms with Crippen molar-refractivity contribution in [1.82, 2.24) is 14.8 Å². The first-order valence-corrected chi connectivity index (χ1v) is 11.4. The van der Waals surface area contributed by atoms with Gasteiger partial charge in [-0.15, -0.1) is 11.3 Å². The van der Waals surface area contributed by atoms with Crippen molar-refractivity contribution in [2.75, 3.05) is 26.2 Å². The van der Waals surface area contributed by atoms with E-state index >= 15 is 0 Å². The Hall–Kier alpha value is -2.21. The Bertz CT molecular complexity index is 876. The van der Waals surface area contributed by atoms with Crippen LogP contribution >= 0.6 is 11.3 Å². The number of hydrogen-bond donors (Lipinski definition) is 0. The van der Waals surface area contributed by atoms with Crippen molar-refractivity contribution < 1.29 is 9.59 Å². The summed E-state index contributed by atoms with van der Waals surface area (Å²) >= 11 is 1.61. The van der Waals surface area contributed by atoms with Crippen LogP contribution in [0.15, 0.2) is 24.3 Å². The lowest BCUT2D eigenvalue weighted by Gasteiger charge is -2.33.